The first-order valence-electron chi connectivity index (χ1n) is 6.37. The molecular formula is C17H11FN3. The Hall–Kier alpha value is -2.41. The van der Waals surface area contributed by atoms with Crippen LogP contribution in [0.15, 0.2) is 30.3 Å². The number of benzene rings is 1. The van der Waals surface area contributed by atoms with Gasteiger partial charge in [-0.3, -0.25) is 0 Å². The Balaban J connectivity index is 2.12. The van der Waals surface area contributed by atoms with Crippen LogP contribution in [0.25, 0.3) is 11.1 Å². The first-order valence-corrected chi connectivity index (χ1v) is 6.37. The van der Waals surface area contributed by atoms with Crippen LogP contribution in [-0.2, 0) is 0 Å². The van der Waals surface area contributed by atoms with Crippen LogP contribution in [0.4, 0.5) is 10.2 Å². The number of nitrogen functional groups attached to an aromatic ring is 1. The average Bonchev–Trinajstić information content (AvgIpc) is 3.01. The number of anilines is 1. The van der Waals surface area contributed by atoms with Crippen LogP contribution in [0, 0.1) is 48.7 Å². The molecule has 0 aliphatic heterocycles. The van der Waals surface area contributed by atoms with Crippen molar-refractivity contribution in [2.45, 2.75) is 0 Å². The van der Waals surface area contributed by atoms with Crippen LogP contribution in [0.5, 0.6) is 0 Å². The van der Waals surface area contributed by atoms with E-state index < -0.39 is 0 Å². The van der Waals surface area contributed by atoms with Crippen LogP contribution >= 0.6 is 0 Å². The third-order valence-electron chi connectivity index (χ3n) is 3.27. The van der Waals surface area contributed by atoms with Gasteiger partial charge in [0, 0.05) is 11.5 Å². The molecule has 1 aliphatic carbocycles. The molecule has 1 fully saturated rings. The van der Waals surface area contributed by atoms with Gasteiger partial charge in [-0.1, -0.05) is 12.1 Å². The molecule has 1 saturated carbocycles. The van der Waals surface area contributed by atoms with Crippen LogP contribution in [0.1, 0.15) is 11.3 Å². The Morgan fingerprint density at radius 2 is 1.76 bits per heavy atom. The summed E-state index contributed by atoms with van der Waals surface area (Å²) in [6, 6.07) is 9.83. The number of nitriles is 1. The first-order chi connectivity index (χ1) is 10.2. The van der Waals surface area contributed by atoms with Crippen molar-refractivity contribution in [3.05, 3.63) is 79.0 Å². The Morgan fingerprint density at radius 3 is 2.38 bits per heavy atom. The zero-order valence-electron chi connectivity index (χ0n) is 11.0. The fourth-order valence-electron chi connectivity index (χ4n) is 2.23. The number of hydrogen-bond donors (Lipinski definition) is 1. The topological polar surface area (TPSA) is 62.7 Å². The molecule has 1 heterocycles. The summed E-state index contributed by atoms with van der Waals surface area (Å²) in [6.45, 7) is 0. The highest BCUT2D eigenvalue weighted by Crippen LogP contribution is 2.34. The lowest BCUT2D eigenvalue weighted by atomic mass is 9.95. The van der Waals surface area contributed by atoms with Gasteiger partial charge in [-0.25, -0.2) is 9.37 Å². The molecule has 2 aromatic rings. The summed E-state index contributed by atoms with van der Waals surface area (Å²) in [4.78, 5) is 4.27. The number of hydrogen-bond acceptors (Lipinski definition) is 3. The van der Waals surface area contributed by atoms with Gasteiger partial charge in [-0.15, -0.1) is 0 Å². The largest absolute Gasteiger partial charge is 0.383 e. The van der Waals surface area contributed by atoms with Crippen molar-refractivity contribution in [3.63, 3.8) is 0 Å². The fraction of sp³-hybridized carbons (Fsp3) is 0. The van der Waals surface area contributed by atoms with Crippen molar-refractivity contribution < 1.29 is 4.39 Å². The minimum Gasteiger partial charge on any atom is -0.383 e. The smallest absolute Gasteiger partial charge is 0.142 e. The molecule has 3 nitrogen and oxygen atoms in total. The molecule has 0 bridgehead atoms. The molecule has 21 heavy (non-hydrogen) atoms. The van der Waals surface area contributed by atoms with Gasteiger partial charge in [-0.05, 0) is 49.4 Å². The van der Waals surface area contributed by atoms with Gasteiger partial charge in [0.05, 0.1) is 5.69 Å². The summed E-state index contributed by atoms with van der Waals surface area (Å²) in [7, 11) is 0. The summed E-state index contributed by atoms with van der Waals surface area (Å²) >= 11 is 0. The summed E-state index contributed by atoms with van der Waals surface area (Å²) in [5.74, 6) is 0.778. The molecule has 0 spiro atoms. The van der Waals surface area contributed by atoms with Gasteiger partial charge < -0.3 is 5.73 Å². The Bertz CT molecular complexity index is 695. The third kappa shape index (κ3) is 2.59. The molecule has 3 rings (SSSR count). The summed E-state index contributed by atoms with van der Waals surface area (Å²) in [5, 5.41) is 9.29. The molecule has 101 valence electrons. The molecule has 5 radical (unpaired) electrons. The van der Waals surface area contributed by atoms with Crippen molar-refractivity contribution in [3.8, 4) is 17.2 Å². The van der Waals surface area contributed by atoms with E-state index in [1.165, 1.54) is 12.1 Å². The van der Waals surface area contributed by atoms with Crippen LogP contribution in [-0.4, -0.2) is 4.98 Å². The van der Waals surface area contributed by atoms with E-state index in [4.69, 9.17) is 5.73 Å². The Morgan fingerprint density at radius 1 is 1.10 bits per heavy atom. The van der Waals surface area contributed by atoms with Crippen LogP contribution in [0.2, 0.25) is 0 Å². The van der Waals surface area contributed by atoms with E-state index in [2.05, 4.69) is 11.1 Å². The number of nitrogens with two attached hydrogens (primary N) is 1. The number of aromatic nitrogens is 1. The first kappa shape index (κ1) is 13.6. The monoisotopic (exact) mass is 276 g/mol. The molecule has 0 atom stereocenters. The van der Waals surface area contributed by atoms with Crippen LogP contribution in [0.3, 0.4) is 0 Å². The minimum atomic E-state index is -0.324. The Kier molecular flexibility index (Phi) is 3.57. The lowest BCUT2D eigenvalue weighted by Gasteiger charge is -2.13. The van der Waals surface area contributed by atoms with Gasteiger partial charge >= 0.3 is 0 Å². The predicted octanol–water partition coefficient (Wildman–Crippen LogP) is 3.09. The number of rotatable bonds is 2. The van der Waals surface area contributed by atoms with Gasteiger partial charge in [0.15, 0.2) is 0 Å². The van der Waals surface area contributed by atoms with Gasteiger partial charge in [-0.2, -0.15) is 5.26 Å². The number of halogens is 1. The average molecular weight is 276 g/mol. The second kappa shape index (κ2) is 5.53. The van der Waals surface area contributed by atoms with Crippen molar-refractivity contribution in [1.82, 2.24) is 4.98 Å². The highest BCUT2D eigenvalue weighted by atomic mass is 19.1. The van der Waals surface area contributed by atoms with Crippen molar-refractivity contribution in [1.29, 1.82) is 5.26 Å². The summed E-state index contributed by atoms with van der Waals surface area (Å²) < 4.78 is 13.1. The highest BCUT2D eigenvalue weighted by molar-refractivity contribution is 5.76. The fourth-order valence-corrected chi connectivity index (χ4v) is 2.23. The van der Waals surface area contributed by atoms with Gasteiger partial charge in [0.2, 0.25) is 0 Å². The maximum Gasteiger partial charge on any atom is 0.142 e. The predicted molar refractivity (Wildman–Crippen MR) is 78.3 cm³/mol. The van der Waals surface area contributed by atoms with E-state index in [1.807, 2.05) is 25.7 Å². The second-order valence-electron chi connectivity index (χ2n) is 4.61. The highest BCUT2D eigenvalue weighted by Gasteiger charge is 2.23. The summed E-state index contributed by atoms with van der Waals surface area (Å²) in [6.07, 6.45) is 7.65. The molecule has 1 aliphatic rings. The van der Waals surface area contributed by atoms with E-state index in [0.717, 1.165) is 11.5 Å². The van der Waals surface area contributed by atoms with Gasteiger partial charge in [0.1, 0.15) is 23.3 Å². The number of nitrogens with zero attached hydrogens (tertiary/aromatic N) is 2. The van der Waals surface area contributed by atoms with E-state index in [0.29, 0.717) is 16.8 Å². The normalized spacial score (nSPS) is 15.0. The third-order valence-corrected chi connectivity index (χ3v) is 3.27. The standard InChI is InChI=1S/C17H11FN3/c18-13-7-5-11(6-8-13)14-9-16(12-3-1-2-4-12)21-17(20)15(14)10-19/h1-9H,(H2,20,21). The van der Waals surface area contributed by atoms with E-state index in [9.17, 15) is 9.65 Å². The quantitative estimate of drug-likeness (QED) is 0.916. The summed E-state index contributed by atoms with van der Waals surface area (Å²) in [5.41, 5.74) is 8.28. The minimum absolute atomic E-state index is 0.176. The van der Waals surface area contributed by atoms with E-state index >= 15 is 0 Å². The molecule has 0 amide bonds. The molecular weight excluding hydrogens is 265 g/mol. The maximum atomic E-state index is 13.1. The zero-order chi connectivity index (χ0) is 14.8. The zero-order valence-corrected chi connectivity index (χ0v) is 11.0. The SMILES string of the molecule is N#Cc1c(-c2ccc(F)cc2)cc([C]2[CH][CH][CH][CH]2)nc1N. The van der Waals surface area contributed by atoms with Crippen molar-refractivity contribution >= 4 is 5.82 Å². The molecule has 1 aromatic carbocycles. The lowest BCUT2D eigenvalue weighted by molar-refractivity contribution is 0.628. The Labute approximate surface area is 123 Å². The van der Waals surface area contributed by atoms with Crippen molar-refractivity contribution in [2.24, 2.45) is 0 Å². The lowest BCUT2D eigenvalue weighted by Crippen LogP contribution is -2.05. The van der Waals surface area contributed by atoms with E-state index in [-0.39, 0.29) is 11.6 Å². The maximum absolute atomic E-state index is 13.1. The van der Waals surface area contributed by atoms with Crippen LogP contribution < -0.4 is 5.73 Å². The molecule has 0 saturated heterocycles. The molecule has 1 aromatic heterocycles. The number of pyridine rings is 1. The molecule has 2 N–H and O–H groups in total. The van der Waals surface area contributed by atoms with Crippen molar-refractivity contribution in [2.75, 3.05) is 5.73 Å². The van der Waals surface area contributed by atoms with E-state index in [1.54, 1.807) is 18.2 Å². The molecule has 0 unspecified atom stereocenters. The second-order valence-corrected chi connectivity index (χ2v) is 4.61. The van der Waals surface area contributed by atoms with Gasteiger partial charge in [0.25, 0.3) is 0 Å². The molecule has 4 heteroatoms.